The molecule has 1 aromatic carbocycles. The fraction of sp³-hybridized carbons (Fsp3) is 0.235. The molecule has 2 aromatic heterocycles. The number of rotatable bonds is 5. The number of carbonyl (C=O) groups is 1. The molecule has 2 heterocycles. The van der Waals surface area contributed by atoms with E-state index in [0.717, 1.165) is 22.8 Å². The Kier molecular flexibility index (Phi) is 4.33. The number of aryl methyl sites for hydroxylation is 2. The summed E-state index contributed by atoms with van der Waals surface area (Å²) in [6.07, 6.45) is 3.69. The molecule has 0 radical (unpaired) electrons. The normalized spacial score (nSPS) is 10.8. The molecular weight excluding hydrogens is 304 g/mol. The third-order valence-corrected chi connectivity index (χ3v) is 3.76. The zero-order valence-electron chi connectivity index (χ0n) is 13.7. The van der Waals surface area contributed by atoms with E-state index in [9.17, 15) is 4.79 Å². The molecule has 0 saturated heterocycles. The number of hydrogen-bond donors (Lipinski definition) is 2. The molecule has 0 bridgehead atoms. The van der Waals surface area contributed by atoms with Gasteiger partial charge in [0.05, 0.1) is 5.69 Å². The predicted molar refractivity (Wildman–Crippen MR) is 91.5 cm³/mol. The molecule has 3 N–H and O–H groups in total. The van der Waals surface area contributed by atoms with Gasteiger partial charge in [-0.2, -0.15) is 5.10 Å². The molecule has 0 aliphatic heterocycles. The van der Waals surface area contributed by atoms with Gasteiger partial charge in [-0.3, -0.25) is 4.79 Å². The van der Waals surface area contributed by atoms with Crippen LogP contribution in [0.4, 0.5) is 5.82 Å². The van der Waals surface area contributed by atoms with Gasteiger partial charge >= 0.3 is 0 Å². The van der Waals surface area contributed by atoms with Gasteiger partial charge in [-0.25, -0.2) is 9.67 Å². The maximum Gasteiger partial charge on any atom is 0.242 e. The van der Waals surface area contributed by atoms with Gasteiger partial charge < -0.3 is 15.6 Å². The molecule has 124 valence electrons. The Balaban J connectivity index is 1.58. The summed E-state index contributed by atoms with van der Waals surface area (Å²) in [5.41, 5.74) is 8.65. The molecule has 7 nitrogen and oxygen atoms in total. The molecule has 3 aromatic rings. The first-order valence-corrected chi connectivity index (χ1v) is 7.69. The topological polar surface area (TPSA) is 90.8 Å². The average Bonchev–Trinajstić information content (AvgIpc) is 3.11. The van der Waals surface area contributed by atoms with Gasteiger partial charge in [0.2, 0.25) is 5.91 Å². The molecule has 0 saturated carbocycles. The molecule has 0 fully saturated rings. The Morgan fingerprint density at radius 3 is 2.58 bits per heavy atom. The van der Waals surface area contributed by atoms with Gasteiger partial charge in [0.25, 0.3) is 0 Å². The van der Waals surface area contributed by atoms with Gasteiger partial charge in [-0.1, -0.05) is 12.1 Å². The van der Waals surface area contributed by atoms with Crippen LogP contribution in [0.5, 0.6) is 0 Å². The zero-order valence-corrected chi connectivity index (χ0v) is 13.7. The van der Waals surface area contributed by atoms with Crippen molar-refractivity contribution in [1.82, 2.24) is 24.6 Å². The average molecular weight is 324 g/mol. The number of imidazole rings is 1. The number of benzene rings is 1. The molecule has 0 aliphatic rings. The van der Waals surface area contributed by atoms with Gasteiger partial charge in [0.15, 0.2) is 0 Å². The minimum absolute atomic E-state index is 0.117. The Morgan fingerprint density at radius 2 is 2.00 bits per heavy atom. The number of aromatic nitrogens is 4. The van der Waals surface area contributed by atoms with Crippen LogP contribution >= 0.6 is 0 Å². The van der Waals surface area contributed by atoms with Crippen LogP contribution in [0.2, 0.25) is 0 Å². The first-order valence-electron chi connectivity index (χ1n) is 7.69. The lowest BCUT2D eigenvalue weighted by molar-refractivity contribution is -0.122. The molecule has 7 heteroatoms. The summed E-state index contributed by atoms with van der Waals surface area (Å²) < 4.78 is 3.50. The molecule has 0 atom stereocenters. The van der Waals surface area contributed by atoms with E-state index < -0.39 is 0 Å². The number of nitrogens with two attached hydrogens (primary N) is 1. The van der Waals surface area contributed by atoms with E-state index in [1.54, 1.807) is 12.3 Å². The largest absolute Gasteiger partial charge is 0.384 e. The van der Waals surface area contributed by atoms with Crippen LogP contribution in [-0.2, 0) is 17.9 Å². The van der Waals surface area contributed by atoms with E-state index in [2.05, 4.69) is 15.4 Å². The third kappa shape index (κ3) is 3.45. The van der Waals surface area contributed by atoms with Gasteiger partial charge in [-0.05, 0) is 31.5 Å². The summed E-state index contributed by atoms with van der Waals surface area (Å²) in [6.45, 7) is 4.37. The monoisotopic (exact) mass is 324 g/mol. The first kappa shape index (κ1) is 15.8. The number of amides is 1. The van der Waals surface area contributed by atoms with Crippen molar-refractivity contribution in [2.24, 2.45) is 0 Å². The lowest BCUT2D eigenvalue weighted by atomic mass is 10.2. The van der Waals surface area contributed by atoms with Gasteiger partial charge in [-0.15, -0.1) is 0 Å². The third-order valence-electron chi connectivity index (χ3n) is 3.76. The highest BCUT2D eigenvalue weighted by molar-refractivity contribution is 5.76. The molecule has 0 unspecified atom stereocenters. The molecule has 0 spiro atoms. The van der Waals surface area contributed by atoms with Crippen molar-refractivity contribution < 1.29 is 4.79 Å². The van der Waals surface area contributed by atoms with Crippen molar-refractivity contribution in [3.63, 3.8) is 0 Å². The van der Waals surface area contributed by atoms with Gasteiger partial charge in [0.1, 0.15) is 18.2 Å². The number of hydrogen-bond acceptors (Lipinski definition) is 4. The quantitative estimate of drug-likeness (QED) is 0.745. The summed E-state index contributed by atoms with van der Waals surface area (Å²) in [5.74, 6) is 1.30. The predicted octanol–water partition coefficient (Wildman–Crippen LogP) is 1.58. The van der Waals surface area contributed by atoms with Crippen LogP contribution in [0.1, 0.15) is 17.1 Å². The highest BCUT2D eigenvalue weighted by atomic mass is 16.2. The Labute approximate surface area is 140 Å². The van der Waals surface area contributed by atoms with Crippen LogP contribution in [0, 0.1) is 13.8 Å². The van der Waals surface area contributed by atoms with Crippen LogP contribution in [-0.4, -0.2) is 25.2 Å². The molecular formula is C17H20N6O. The summed E-state index contributed by atoms with van der Waals surface area (Å²) >= 11 is 0. The summed E-state index contributed by atoms with van der Waals surface area (Å²) in [7, 11) is 0. The highest BCUT2D eigenvalue weighted by Gasteiger charge is 2.07. The van der Waals surface area contributed by atoms with Crippen LogP contribution in [0.25, 0.3) is 5.69 Å². The Morgan fingerprint density at radius 1 is 1.25 bits per heavy atom. The number of nitrogen functional groups attached to an aromatic ring is 1. The minimum Gasteiger partial charge on any atom is -0.384 e. The number of carbonyl (C=O) groups excluding carboxylic acids is 1. The van der Waals surface area contributed by atoms with E-state index in [1.165, 1.54) is 4.68 Å². The van der Waals surface area contributed by atoms with Crippen molar-refractivity contribution in [3.8, 4) is 5.69 Å². The number of nitrogens with one attached hydrogen (secondary N) is 1. The number of nitrogens with zero attached hydrogens (tertiary/aromatic N) is 4. The molecule has 3 rings (SSSR count). The maximum absolute atomic E-state index is 12.0. The second kappa shape index (κ2) is 6.57. The van der Waals surface area contributed by atoms with Crippen LogP contribution < -0.4 is 11.1 Å². The van der Waals surface area contributed by atoms with Crippen LogP contribution in [0.15, 0.2) is 42.7 Å². The van der Waals surface area contributed by atoms with Crippen molar-refractivity contribution in [2.45, 2.75) is 26.9 Å². The van der Waals surface area contributed by atoms with E-state index in [4.69, 9.17) is 5.73 Å². The lowest BCUT2D eigenvalue weighted by Gasteiger charge is -2.09. The first-order chi connectivity index (χ1) is 11.5. The van der Waals surface area contributed by atoms with Crippen LogP contribution in [0.3, 0.4) is 0 Å². The van der Waals surface area contributed by atoms with Crippen molar-refractivity contribution in [3.05, 3.63) is 59.8 Å². The van der Waals surface area contributed by atoms with E-state index >= 15 is 0 Å². The second-order valence-electron chi connectivity index (χ2n) is 5.66. The fourth-order valence-corrected chi connectivity index (χ4v) is 2.51. The second-order valence-corrected chi connectivity index (χ2v) is 5.66. The van der Waals surface area contributed by atoms with E-state index in [1.807, 2.05) is 48.9 Å². The van der Waals surface area contributed by atoms with Crippen molar-refractivity contribution in [1.29, 1.82) is 0 Å². The summed E-state index contributed by atoms with van der Waals surface area (Å²) in [5, 5.41) is 7.05. The minimum atomic E-state index is -0.126. The fourth-order valence-electron chi connectivity index (χ4n) is 2.51. The standard InChI is InChI=1S/C17H20N6O/c1-12-9-16(18)23(21-12)11-17(24)20-10-14-3-5-15(6-4-14)22-8-7-19-13(22)2/h3-9H,10-11,18H2,1-2H3,(H,20,24). The zero-order chi connectivity index (χ0) is 17.1. The van der Waals surface area contributed by atoms with Crippen molar-refractivity contribution >= 4 is 11.7 Å². The molecule has 0 aliphatic carbocycles. The number of anilines is 1. The maximum atomic E-state index is 12.0. The van der Waals surface area contributed by atoms with E-state index in [0.29, 0.717) is 12.4 Å². The highest BCUT2D eigenvalue weighted by Crippen LogP contribution is 2.11. The summed E-state index contributed by atoms with van der Waals surface area (Å²) in [6, 6.07) is 9.73. The molecule has 1 amide bonds. The summed E-state index contributed by atoms with van der Waals surface area (Å²) in [4.78, 5) is 16.2. The van der Waals surface area contributed by atoms with E-state index in [-0.39, 0.29) is 12.5 Å². The lowest BCUT2D eigenvalue weighted by Crippen LogP contribution is -2.28. The smallest absolute Gasteiger partial charge is 0.242 e. The van der Waals surface area contributed by atoms with Crippen molar-refractivity contribution in [2.75, 3.05) is 5.73 Å². The van der Waals surface area contributed by atoms with Gasteiger partial charge in [0, 0.05) is 30.7 Å². The SMILES string of the molecule is Cc1cc(N)n(CC(=O)NCc2ccc(-n3ccnc3C)cc2)n1. The Bertz CT molecular complexity index is 846. The Hall–Kier alpha value is -3.09. The molecule has 24 heavy (non-hydrogen) atoms.